The Morgan fingerprint density at radius 3 is 2.52 bits per heavy atom. The van der Waals surface area contributed by atoms with E-state index in [1.807, 2.05) is 72.8 Å². The third kappa shape index (κ3) is 4.30. The summed E-state index contributed by atoms with van der Waals surface area (Å²) in [6.45, 7) is 0.559. The van der Waals surface area contributed by atoms with Gasteiger partial charge in [0.15, 0.2) is 0 Å². The number of benzene rings is 3. The fourth-order valence-corrected chi connectivity index (χ4v) is 2.76. The van der Waals surface area contributed by atoms with E-state index in [4.69, 9.17) is 4.74 Å². The van der Waals surface area contributed by atoms with Gasteiger partial charge in [-0.15, -0.1) is 0 Å². The first kappa shape index (κ1) is 16.8. The van der Waals surface area contributed by atoms with Crippen LogP contribution in [0.4, 0.5) is 5.69 Å². The van der Waals surface area contributed by atoms with Gasteiger partial charge >= 0.3 is 0 Å². The Kier molecular flexibility index (Phi) is 5.07. The average molecular weight is 353 g/mol. The predicted molar refractivity (Wildman–Crippen MR) is 110 cm³/mol. The van der Waals surface area contributed by atoms with E-state index in [-0.39, 0.29) is 0 Å². The highest BCUT2D eigenvalue weighted by molar-refractivity contribution is 5.90. The lowest BCUT2D eigenvalue weighted by Gasteiger charge is -2.06. The third-order valence-corrected chi connectivity index (χ3v) is 4.16. The lowest BCUT2D eigenvalue weighted by Crippen LogP contribution is -1.95. The van der Waals surface area contributed by atoms with Crippen molar-refractivity contribution >= 4 is 22.8 Å². The molecule has 4 nitrogen and oxygen atoms in total. The van der Waals surface area contributed by atoms with Gasteiger partial charge in [0.2, 0.25) is 0 Å². The number of anilines is 1. The van der Waals surface area contributed by atoms with Crippen LogP contribution in [0.1, 0.15) is 11.1 Å². The second-order valence-electron chi connectivity index (χ2n) is 6.09. The molecule has 0 spiro atoms. The molecule has 0 saturated carbocycles. The van der Waals surface area contributed by atoms with Gasteiger partial charge in [0.05, 0.1) is 17.4 Å². The largest absolute Gasteiger partial charge is 0.489 e. The summed E-state index contributed by atoms with van der Waals surface area (Å²) < 4.78 is 5.80. The predicted octanol–water partition coefficient (Wildman–Crippen LogP) is 5.26. The fraction of sp³-hybridized carbons (Fsp3) is 0.0435. The molecule has 1 aromatic heterocycles. The summed E-state index contributed by atoms with van der Waals surface area (Å²) in [6, 6.07) is 27.9. The van der Waals surface area contributed by atoms with Gasteiger partial charge in [-0.25, -0.2) is 0 Å². The molecule has 0 fully saturated rings. The van der Waals surface area contributed by atoms with E-state index >= 15 is 0 Å². The zero-order valence-electron chi connectivity index (χ0n) is 14.7. The van der Waals surface area contributed by atoms with Gasteiger partial charge in [0, 0.05) is 11.6 Å². The molecule has 3 aromatic carbocycles. The topological polar surface area (TPSA) is 46.5 Å². The summed E-state index contributed by atoms with van der Waals surface area (Å²) in [5, 5.41) is 5.41. The van der Waals surface area contributed by atoms with Gasteiger partial charge in [-0.1, -0.05) is 48.5 Å². The van der Waals surface area contributed by atoms with E-state index in [0.717, 1.165) is 33.5 Å². The van der Waals surface area contributed by atoms with Crippen molar-refractivity contribution in [2.75, 3.05) is 5.43 Å². The van der Waals surface area contributed by atoms with Crippen LogP contribution in [-0.2, 0) is 6.61 Å². The molecule has 0 unspecified atom stereocenters. The molecule has 1 heterocycles. The van der Waals surface area contributed by atoms with Crippen molar-refractivity contribution in [3.8, 4) is 5.75 Å². The van der Waals surface area contributed by atoms with Crippen LogP contribution in [0.25, 0.3) is 10.9 Å². The monoisotopic (exact) mass is 353 g/mol. The van der Waals surface area contributed by atoms with E-state index in [2.05, 4.69) is 27.6 Å². The highest BCUT2D eigenvalue weighted by Crippen LogP contribution is 2.20. The van der Waals surface area contributed by atoms with Crippen LogP contribution in [-0.4, -0.2) is 11.2 Å². The molecule has 1 N–H and O–H groups in total. The molecule has 0 aliphatic rings. The van der Waals surface area contributed by atoms with Gasteiger partial charge in [0.1, 0.15) is 12.4 Å². The van der Waals surface area contributed by atoms with Crippen LogP contribution in [0, 0.1) is 0 Å². The van der Waals surface area contributed by atoms with Gasteiger partial charge in [-0.2, -0.15) is 5.10 Å². The van der Waals surface area contributed by atoms with E-state index < -0.39 is 0 Å². The van der Waals surface area contributed by atoms with Crippen LogP contribution in [0.3, 0.4) is 0 Å². The summed E-state index contributed by atoms with van der Waals surface area (Å²) in [5.74, 6) is 0.835. The van der Waals surface area contributed by atoms with Crippen molar-refractivity contribution in [3.63, 3.8) is 0 Å². The standard InChI is InChI=1S/C23H19N3O/c1-2-6-19(7-3-1)17-27-21-13-11-18(12-14-21)16-25-26-22-10-4-8-20-9-5-15-24-23(20)22/h1-16,26H,17H2/b25-16-. The molecule has 0 aliphatic carbocycles. The van der Waals surface area contributed by atoms with Crippen molar-refractivity contribution in [2.45, 2.75) is 6.61 Å². The van der Waals surface area contributed by atoms with Crippen molar-refractivity contribution in [3.05, 3.63) is 102 Å². The van der Waals surface area contributed by atoms with Gasteiger partial charge < -0.3 is 4.74 Å². The third-order valence-electron chi connectivity index (χ3n) is 4.16. The average Bonchev–Trinajstić information content (AvgIpc) is 2.74. The van der Waals surface area contributed by atoms with Crippen molar-refractivity contribution in [2.24, 2.45) is 5.10 Å². The molecule has 4 rings (SSSR count). The maximum atomic E-state index is 5.80. The number of hydrogen-bond donors (Lipinski definition) is 1. The van der Waals surface area contributed by atoms with Gasteiger partial charge in [-0.05, 0) is 47.5 Å². The Balaban J connectivity index is 1.38. The van der Waals surface area contributed by atoms with Crippen LogP contribution in [0.2, 0.25) is 0 Å². The number of nitrogens with zero attached hydrogens (tertiary/aromatic N) is 2. The minimum atomic E-state index is 0.559. The normalized spacial score (nSPS) is 11.0. The molecule has 0 saturated heterocycles. The molecule has 4 aromatic rings. The summed E-state index contributed by atoms with van der Waals surface area (Å²) in [7, 11) is 0. The Labute approximate surface area is 158 Å². The number of pyridine rings is 1. The first-order valence-electron chi connectivity index (χ1n) is 8.78. The highest BCUT2D eigenvalue weighted by atomic mass is 16.5. The second kappa shape index (κ2) is 8.15. The van der Waals surface area contributed by atoms with E-state index in [1.165, 1.54) is 0 Å². The number of para-hydroxylation sites is 1. The van der Waals surface area contributed by atoms with Gasteiger partial charge in [0.25, 0.3) is 0 Å². The Hall–Kier alpha value is -3.66. The molecule has 0 amide bonds. The smallest absolute Gasteiger partial charge is 0.119 e. The quantitative estimate of drug-likeness (QED) is 0.380. The number of nitrogens with one attached hydrogen (secondary N) is 1. The zero-order chi connectivity index (χ0) is 18.3. The fourth-order valence-electron chi connectivity index (χ4n) is 2.76. The number of hydrogen-bond acceptors (Lipinski definition) is 4. The zero-order valence-corrected chi connectivity index (χ0v) is 14.7. The van der Waals surface area contributed by atoms with Gasteiger partial charge in [-0.3, -0.25) is 10.4 Å². The maximum absolute atomic E-state index is 5.80. The highest BCUT2D eigenvalue weighted by Gasteiger charge is 2.00. The first-order chi connectivity index (χ1) is 13.4. The molecular formula is C23H19N3O. The van der Waals surface area contributed by atoms with Crippen LogP contribution in [0.15, 0.2) is 96.2 Å². The molecule has 0 atom stereocenters. The number of aromatic nitrogens is 1. The molecule has 0 radical (unpaired) electrons. The number of rotatable bonds is 6. The van der Waals surface area contributed by atoms with Crippen molar-refractivity contribution in [1.29, 1.82) is 0 Å². The summed E-state index contributed by atoms with van der Waals surface area (Å²) in [5.41, 5.74) is 7.00. The first-order valence-corrected chi connectivity index (χ1v) is 8.78. The summed E-state index contributed by atoms with van der Waals surface area (Å²) in [6.07, 6.45) is 3.56. The summed E-state index contributed by atoms with van der Waals surface area (Å²) in [4.78, 5) is 4.41. The minimum Gasteiger partial charge on any atom is -0.489 e. The van der Waals surface area contributed by atoms with E-state index in [9.17, 15) is 0 Å². The lowest BCUT2D eigenvalue weighted by molar-refractivity contribution is 0.306. The second-order valence-corrected chi connectivity index (χ2v) is 6.09. The van der Waals surface area contributed by atoms with E-state index in [1.54, 1.807) is 12.4 Å². The number of hydrazone groups is 1. The van der Waals surface area contributed by atoms with Crippen LogP contribution >= 0.6 is 0 Å². The Morgan fingerprint density at radius 1 is 0.852 bits per heavy atom. The SMILES string of the molecule is C(=N/Nc1cccc2cccnc12)/c1ccc(OCc2ccccc2)cc1. The number of ether oxygens (including phenoxy) is 1. The molecule has 0 aliphatic heterocycles. The molecule has 132 valence electrons. The van der Waals surface area contributed by atoms with Crippen molar-refractivity contribution in [1.82, 2.24) is 4.98 Å². The molecule has 0 bridgehead atoms. The van der Waals surface area contributed by atoms with Crippen LogP contribution in [0.5, 0.6) is 5.75 Å². The maximum Gasteiger partial charge on any atom is 0.119 e. The Bertz CT molecular complexity index is 1040. The van der Waals surface area contributed by atoms with E-state index in [0.29, 0.717) is 6.61 Å². The molecular weight excluding hydrogens is 334 g/mol. The number of fused-ring (bicyclic) bond motifs is 1. The minimum absolute atomic E-state index is 0.559. The Morgan fingerprint density at radius 2 is 1.67 bits per heavy atom. The van der Waals surface area contributed by atoms with Crippen LogP contribution < -0.4 is 10.2 Å². The summed E-state index contributed by atoms with van der Waals surface area (Å²) >= 11 is 0. The molecule has 27 heavy (non-hydrogen) atoms. The van der Waals surface area contributed by atoms with Crippen molar-refractivity contribution < 1.29 is 4.74 Å². The molecule has 4 heteroatoms. The lowest BCUT2D eigenvalue weighted by atomic mass is 10.2.